The highest BCUT2D eigenvalue weighted by atomic mass is 35.5. The molecule has 0 radical (unpaired) electrons. The summed E-state index contributed by atoms with van der Waals surface area (Å²) in [5.74, 6) is 0.283. The van der Waals surface area contributed by atoms with Crippen molar-refractivity contribution in [1.29, 1.82) is 0 Å². The number of hydrogen-bond acceptors (Lipinski definition) is 2. The van der Waals surface area contributed by atoms with Crippen LogP contribution < -0.4 is 4.90 Å². The van der Waals surface area contributed by atoms with Crippen molar-refractivity contribution in [3.63, 3.8) is 0 Å². The molecule has 0 aromatic heterocycles. The van der Waals surface area contributed by atoms with Crippen LogP contribution in [0.5, 0.6) is 0 Å². The molecule has 0 unspecified atom stereocenters. The molecule has 1 amide bonds. The first-order valence-corrected chi connectivity index (χ1v) is 8.35. The van der Waals surface area contributed by atoms with E-state index < -0.39 is 0 Å². The van der Waals surface area contributed by atoms with Crippen LogP contribution in [-0.4, -0.2) is 37.0 Å². The third kappa shape index (κ3) is 4.52. The summed E-state index contributed by atoms with van der Waals surface area (Å²) in [5.41, 5.74) is 0.999. The molecule has 1 aromatic carbocycles. The van der Waals surface area contributed by atoms with E-state index in [1.54, 1.807) is 6.07 Å². The van der Waals surface area contributed by atoms with Crippen LogP contribution in [0.15, 0.2) is 18.2 Å². The van der Waals surface area contributed by atoms with Crippen LogP contribution in [0, 0.1) is 0 Å². The maximum atomic E-state index is 12.1. The summed E-state index contributed by atoms with van der Waals surface area (Å²) in [7, 11) is 0. The van der Waals surface area contributed by atoms with Gasteiger partial charge in [-0.2, -0.15) is 0 Å². The van der Waals surface area contributed by atoms with E-state index in [1.807, 2.05) is 17.0 Å². The Labute approximate surface area is 136 Å². The van der Waals surface area contributed by atoms with Gasteiger partial charge in [-0.05, 0) is 24.6 Å². The Bertz CT molecular complexity index is 485. The van der Waals surface area contributed by atoms with Crippen LogP contribution in [0.3, 0.4) is 0 Å². The zero-order valence-electron chi connectivity index (χ0n) is 12.4. The fourth-order valence-corrected chi connectivity index (χ4v) is 3.15. The van der Waals surface area contributed by atoms with Gasteiger partial charge in [-0.3, -0.25) is 4.79 Å². The number of nitrogens with zero attached hydrogens (tertiary/aromatic N) is 2. The fraction of sp³-hybridized carbons (Fsp3) is 0.562. The van der Waals surface area contributed by atoms with Gasteiger partial charge in [0.2, 0.25) is 5.91 Å². The Kier molecular flexibility index (Phi) is 6.19. The second-order valence-corrected chi connectivity index (χ2v) is 6.26. The van der Waals surface area contributed by atoms with Gasteiger partial charge in [-0.1, -0.05) is 43.0 Å². The SMILES string of the molecule is CCCCCC(=O)N1CCN(c2ccc(Cl)cc2Cl)CC1. The molecule has 1 fully saturated rings. The minimum absolute atomic E-state index is 0.283. The molecule has 1 aliphatic heterocycles. The van der Waals surface area contributed by atoms with Crippen LogP contribution in [0.25, 0.3) is 0 Å². The summed E-state index contributed by atoms with van der Waals surface area (Å²) in [4.78, 5) is 16.3. The van der Waals surface area contributed by atoms with E-state index in [-0.39, 0.29) is 5.91 Å². The van der Waals surface area contributed by atoms with Crippen LogP contribution in [0.1, 0.15) is 32.6 Å². The summed E-state index contributed by atoms with van der Waals surface area (Å²) >= 11 is 12.2. The van der Waals surface area contributed by atoms with E-state index in [9.17, 15) is 4.79 Å². The van der Waals surface area contributed by atoms with Gasteiger partial charge in [-0.15, -0.1) is 0 Å². The summed E-state index contributed by atoms with van der Waals surface area (Å²) in [6.45, 7) is 5.33. The average molecular weight is 329 g/mol. The summed E-state index contributed by atoms with van der Waals surface area (Å²) in [6.07, 6.45) is 3.95. The van der Waals surface area contributed by atoms with Gasteiger partial charge < -0.3 is 9.80 Å². The van der Waals surface area contributed by atoms with Crippen molar-refractivity contribution in [3.05, 3.63) is 28.2 Å². The van der Waals surface area contributed by atoms with Crippen molar-refractivity contribution >= 4 is 34.8 Å². The molecule has 5 heteroatoms. The summed E-state index contributed by atoms with van der Waals surface area (Å²) in [6, 6.07) is 5.56. The van der Waals surface area contributed by atoms with Crippen molar-refractivity contribution in [3.8, 4) is 0 Å². The van der Waals surface area contributed by atoms with Gasteiger partial charge in [0.1, 0.15) is 0 Å². The van der Waals surface area contributed by atoms with Crippen LogP contribution >= 0.6 is 23.2 Å². The highest BCUT2D eigenvalue weighted by Crippen LogP contribution is 2.29. The molecule has 1 heterocycles. The van der Waals surface area contributed by atoms with Gasteiger partial charge in [0.15, 0.2) is 0 Å². The number of anilines is 1. The molecule has 1 aromatic rings. The highest BCUT2D eigenvalue weighted by molar-refractivity contribution is 6.36. The van der Waals surface area contributed by atoms with Crippen LogP contribution in [0.4, 0.5) is 5.69 Å². The lowest BCUT2D eigenvalue weighted by atomic mass is 10.1. The van der Waals surface area contributed by atoms with Crippen LogP contribution in [-0.2, 0) is 4.79 Å². The lowest BCUT2D eigenvalue weighted by Gasteiger charge is -2.36. The molecule has 21 heavy (non-hydrogen) atoms. The van der Waals surface area contributed by atoms with Gasteiger partial charge in [-0.25, -0.2) is 0 Å². The smallest absolute Gasteiger partial charge is 0.222 e. The van der Waals surface area contributed by atoms with Gasteiger partial charge in [0.25, 0.3) is 0 Å². The number of halogens is 2. The second kappa shape index (κ2) is 7.90. The van der Waals surface area contributed by atoms with Crippen molar-refractivity contribution in [2.75, 3.05) is 31.1 Å². The maximum absolute atomic E-state index is 12.1. The molecule has 0 atom stereocenters. The molecule has 0 N–H and O–H groups in total. The highest BCUT2D eigenvalue weighted by Gasteiger charge is 2.22. The Morgan fingerprint density at radius 2 is 1.86 bits per heavy atom. The first-order chi connectivity index (χ1) is 10.1. The predicted octanol–water partition coefficient (Wildman–Crippen LogP) is 4.22. The third-order valence-electron chi connectivity index (χ3n) is 3.88. The molecule has 3 nitrogen and oxygen atoms in total. The summed E-state index contributed by atoms with van der Waals surface area (Å²) in [5, 5.41) is 1.32. The molecule has 0 bridgehead atoms. The number of rotatable bonds is 5. The van der Waals surface area contributed by atoms with E-state index in [4.69, 9.17) is 23.2 Å². The Morgan fingerprint density at radius 3 is 2.48 bits per heavy atom. The Hall–Kier alpha value is -0.930. The monoisotopic (exact) mass is 328 g/mol. The lowest BCUT2D eigenvalue weighted by Crippen LogP contribution is -2.48. The standard InChI is InChI=1S/C16H22Cl2N2O/c1-2-3-4-5-16(21)20-10-8-19(9-11-20)15-7-6-13(17)12-14(15)18/h6-7,12H,2-5,8-11H2,1H3. The first-order valence-electron chi connectivity index (χ1n) is 7.59. The molecular formula is C16H22Cl2N2O. The quantitative estimate of drug-likeness (QED) is 0.755. The minimum Gasteiger partial charge on any atom is -0.367 e. The topological polar surface area (TPSA) is 23.6 Å². The van der Waals surface area contributed by atoms with Crippen molar-refractivity contribution in [2.24, 2.45) is 0 Å². The molecular weight excluding hydrogens is 307 g/mol. The Balaban J connectivity index is 1.86. The maximum Gasteiger partial charge on any atom is 0.222 e. The molecule has 2 rings (SSSR count). The van der Waals surface area contributed by atoms with E-state index in [0.717, 1.165) is 51.1 Å². The third-order valence-corrected chi connectivity index (χ3v) is 4.41. The largest absolute Gasteiger partial charge is 0.367 e. The van der Waals surface area contributed by atoms with Gasteiger partial charge in [0, 0.05) is 37.6 Å². The molecule has 1 aliphatic rings. The number of benzene rings is 1. The fourth-order valence-electron chi connectivity index (χ4n) is 2.62. The lowest BCUT2D eigenvalue weighted by molar-refractivity contribution is -0.131. The van der Waals surface area contributed by atoms with E-state index in [0.29, 0.717) is 16.5 Å². The zero-order valence-corrected chi connectivity index (χ0v) is 14.0. The minimum atomic E-state index is 0.283. The van der Waals surface area contributed by atoms with Gasteiger partial charge in [0.05, 0.1) is 10.7 Å². The van der Waals surface area contributed by atoms with E-state index in [1.165, 1.54) is 0 Å². The molecule has 0 spiro atoms. The van der Waals surface area contributed by atoms with E-state index in [2.05, 4.69) is 11.8 Å². The zero-order chi connectivity index (χ0) is 15.2. The predicted molar refractivity (Wildman–Crippen MR) is 89.4 cm³/mol. The normalized spacial score (nSPS) is 15.4. The number of carbonyl (C=O) groups excluding carboxylic acids is 1. The summed E-state index contributed by atoms with van der Waals surface area (Å²) < 4.78 is 0. The average Bonchev–Trinajstić information content (AvgIpc) is 2.48. The molecule has 116 valence electrons. The van der Waals surface area contributed by atoms with Crippen LogP contribution in [0.2, 0.25) is 10.0 Å². The Morgan fingerprint density at radius 1 is 1.14 bits per heavy atom. The van der Waals surface area contributed by atoms with E-state index >= 15 is 0 Å². The van der Waals surface area contributed by atoms with Crippen molar-refractivity contribution < 1.29 is 4.79 Å². The number of hydrogen-bond donors (Lipinski definition) is 0. The second-order valence-electron chi connectivity index (χ2n) is 5.42. The number of amides is 1. The number of carbonyl (C=O) groups is 1. The first kappa shape index (κ1) is 16.4. The van der Waals surface area contributed by atoms with Crippen molar-refractivity contribution in [2.45, 2.75) is 32.6 Å². The van der Waals surface area contributed by atoms with Gasteiger partial charge >= 0.3 is 0 Å². The number of piperazine rings is 1. The molecule has 0 saturated carbocycles. The number of unbranched alkanes of at least 4 members (excludes halogenated alkanes) is 2. The molecule has 0 aliphatic carbocycles. The van der Waals surface area contributed by atoms with Crippen molar-refractivity contribution in [1.82, 2.24) is 4.90 Å². The molecule has 1 saturated heterocycles.